The number of nitrogens with one attached hydrogen (secondary N) is 2. The predicted molar refractivity (Wildman–Crippen MR) is 129 cm³/mol. The third kappa shape index (κ3) is 3.95. The number of thiophene rings is 1. The molecule has 2 aromatic rings. The molecule has 0 radical (unpaired) electrons. The molecule has 0 spiro atoms. The van der Waals surface area contributed by atoms with Crippen molar-refractivity contribution < 1.29 is 19.1 Å². The highest BCUT2D eigenvalue weighted by Crippen LogP contribution is 2.60. The number of anilines is 2. The minimum absolute atomic E-state index is 0.0222. The maximum absolute atomic E-state index is 13.6. The molecular weight excluding hydrogens is 460 g/mol. The van der Waals surface area contributed by atoms with Crippen LogP contribution in [0.1, 0.15) is 64.1 Å². The minimum Gasteiger partial charge on any atom is -0.465 e. The molecule has 4 bridgehead atoms. The van der Waals surface area contributed by atoms with E-state index in [0.29, 0.717) is 43.9 Å². The lowest BCUT2D eigenvalue weighted by Gasteiger charge is -2.55. The van der Waals surface area contributed by atoms with Crippen molar-refractivity contribution in [2.24, 2.45) is 23.2 Å². The molecule has 2 N–H and O–H groups in total. The van der Waals surface area contributed by atoms with Gasteiger partial charge in [-0.25, -0.2) is 4.79 Å². The second-order valence-corrected chi connectivity index (χ2v) is 11.3. The number of para-hydroxylation sites is 1. The zero-order valence-corrected chi connectivity index (χ0v) is 20.3. The van der Waals surface area contributed by atoms with Crippen molar-refractivity contribution in [1.29, 1.82) is 0 Å². The van der Waals surface area contributed by atoms with Crippen LogP contribution in [-0.2, 0) is 9.53 Å². The summed E-state index contributed by atoms with van der Waals surface area (Å²) in [5.74, 6) is 0.913. The van der Waals surface area contributed by atoms with Gasteiger partial charge in [-0.1, -0.05) is 23.7 Å². The second kappa shape index (κ2) is 8.44. The van der Waals surface area contributed by atoms with Crippen LogP contribution in [0.3, 0.4) is 0 Å². The Bertz CT molecular complexity index is 1110. The van der Waals surface area contributed by atoms with E-state index in [4.69, 9.17) is 16.3 Å². The lowest BCUT2D eigenvalue weighted by atomic mass is 9.49. The molecule has 1 aromatic heterocycles. The highest BCUT2D eigenvalue weighted by atomic mass is 35.5. The van der Waals surface area contributed by atoms with Crippen molar-refractivity contribution in [1.82, 2.24) is 0 Å². The normalized spacial score (nSPS) is 27.3. The van der Waals surface area contributed by atoms with E-state index in [1.807, 2.05) is 0 Å². The number of ether oxygens (including phenoxy) is 1. The number of carbonyl (C=O) groups is 3. The fourth-order valence-electron chi connectivity index (χ4n) is 6.53. The molecule has 33 heavy (non-hydrogen) atoms. The van der Waals surface area contributed by atoms with Crippen LogP contribution in [0, 0.1) is 30.1 Å². The monoisotopic (exact) mass is 486 g/mol. The average molecular weight is 487 g/mol. The van der Waals surface area contributed by atoms with Gasteiger partial charge >= 0.3 is 5.97 Å². The summed E-state index contributed by atoms with van der Waals surface area (Å²) in [4.78, 5) is 39.6. The van der Waals surface area contributed by atoms with Crippen LogP contribution in [0.2, 0.25) is 5.02 Å². The Labute approximate surface area is 202 Å². The summed E-state index contributed by atoms with van der Waals surface area (Å²) in [7, 11) is 1.30. The van der Waals surface area contributed by atoms with E-state index in [9.17, 15) is 14.4 Å². The lowest BCUT2D eigenvalue weighted by molar-refractivity contribution is -0.140. The Balaban J connectivity index is 1.43. The van der Waals surface area contributed by atoms with Crippen molar-refractivity contribution in [3.8, 4) is 0 Å². The van der Waals surface area contributed by atoms with Crippen LogP contribution in [-0.4, -0.2) is 24.9 Å². The van der Waals surface area contributed by atoms with Gasteiger partial charge in [0.15, 0.2) is 0 Å². The number of halogens is 1. The van der Waals surface area contributed by atoms with Crippen molar-refractivity contribution in [3.63, 3.8) is 0 Å². The molecule has 4 saturated carbocycles. The van der Waals surface area contributed by atoms with Crippen LogP contribution in [0.4, 0.5) is 10.7 Å². The van der Waals surface area contributed by atoms with Crippen LogP contribution >= 0.6 is 22.9 Å². The van der Waals surface area contributed by atoms with Crippen molar-refractivity contribution in [3.05, 3.63) is 45.3 Å². The molecule has 0 saturated heterocycles. The van der Waals surface area contributed by atoms with Crippen molar-refractivity contribution >= 4 is 51.4 Å². The number of amides is 2. The molecule has 8 heteroatoms. The molecule has 1 heterocycles. The van der Waals surface area contributed by atoms with Gasteiger partial charge in [-0.2, -0.15) is 0 Å². The molecule has 0 atom stereocenters. The zero-order chi connectivity index (χ0) is 23.3. The van der Waals surface area contributed by atoms with E-state index >= 15 is 0 Å². The maximum atomic E-state index is 13.6. The van der Waals surface area contributed by atoms with Gasteiger partial charge in [-0.05, 0) is 80.9 Å². The second-order valence-electron chi connectivity index (χ2n) is 9.84. The van der Waals surface area contributed by atoms with Gasteiger partial charge in [0, 0.05) is 0 Å². The molecule has 2 amide bonds. The van der Waals surface area contributed by atoms with E-state index in [-0.39, 0.29) is 22.8 Å². The molecule has 4 fully saturated rings. The minimum atomic E-state index is -0.568. The summed E-state index contributed by atoms with van der Waals surface area (Å²) in [6, 6.07) is 6.96. The van der Waals surface area contributed by atoms with E-state index in [1.54, 1.807) is 31.2 Å². The summed E-state index contributed by atoms with van der Waals surface area (Å²) < 4.78 is 4.98. The van der Waals surface area contributed by atoms with Crippen LogP contribution in [0.25, 0.3) is 0 Å². The first kappa shape index (κ1) is 22.4. The van der Waals surface area contributed by atoms with E-state index in [2.05, 4.69) is 10.6 Å². The SMILES string of the molecule is COC(=O)c1c(NC(=O)C23CC4CC(CC(C4)C2)C3)sc(C(=O)Nc2ccccc2Cl)c1C. The summed E-state index contributed by atoms with van der Waals surface area (Å²) in [5, 5.41) is 6.65. The molecule has 0 unspecified atom stereocenters. The van der Waals surface area contributed by atoms with E-state index in [0.717, 1.165) is 30.6 Å². The topological polar surface area (TPSA) is 84.5 Å². The maximum Gasteiger partial charge on any atom is 0.341 e. The average Bonchev–Trinajstić information content (AvgIpc) is 3.09. The van der Waals surface area contributed by atoms with Gasteiger partial charge in [0.25, 0.3) is 5.91 Å². The number of carbonyl (C=O) groups excluding carboxylic acids is 3. The summed E-state index contributed by atoms with van der Waals surface area (Å²) in [5.41, 5.74) is 0.845. The standard InChI is InChI=1S/C25H27ClN2O4S/c1-13-19(23(30)32-2)22(33-20(13)21(29)27-18-6-4-3-5-17(18)26)28-24(31)25-10-14-7-15(11-25)9-16(8-14)12-25/h3-6,14-16H,7-12H2,1-2H3,(H,27,29)(H,28,31). The van der Waals surface area contributed by atoms with Gasteiger partial charge in [0.05, 0.1) is 33.7 Å². The number of esters is 1. The molecule has 6 nitrogen and oxygen atoms in total. The van der Waals surface area contributed by atoms with Crippen LogP contribution < -0.4 is 10.6 Å². The van der Waals surface area contributed by atoms with Crippen molar-refractivity contribution in [2.45, 2.75) is 45.4 Å². The van der Waals surface area contributed by atoms with Crippen LogP contribution in [0.15, 0.2) is 24.3 Å². The van der Waals surface area contributed by atoms with E-state index in [1.165, 1.54) is 26.4 Å². The first-order valence-corrected chi connectivity index (χ1v) is 12.6. The highest BCUT2D eigenvalue weighted by Gasteiger charge is 2.54. The Hall–Kier alpha value is -2.38. The molecule has 6 rings (SSSR count). The fraction of sp³-hybridized carbons (Fsp3) is 0.480. The molecule has 4 aliphatic rings. The summed E-state index contributed by atoms with van der Waals surface area (Å²) in [6.45, 7) is 1.70. The first-order chi connectivity index (χ1) is 15.8. The number of methoxy groups -OCH3 is 1. The first-order valence-electron chi connectivity index (χ1n) is 11.4. The molecule has 4 aliphatic carbocycles. The highest BCUT2D eigenvalue weighted by molar-refractivity contribution is 7.19. The molecule has 174 valence electrons. The zero-order valence-electron chi connectivity index (χ0n) is 18.7. The van der Waals surface area contributed by atoms with Crippen molar-refractivity contribution in [2.75, 3.05) is 17.7 Å². The summed E-state index contributed by atoms with van der Waals surface area (Å²) >= 11 is 7.29. The Kier molecular flexibility index (Phi) is 5.73. The molecule has 1 aromatic carbocycles. The number of rotatable bonds is 5. The van der Waals surface area contributed by atoms with Gasteiger partial charge in [-0.15, -0.1) is 11.3 Å². The third-order valence-corrected chi connectivity index (χ3v) is 9.15. The fourth-order valence-corrected chi connectivity index (χ4v) is 7.80. The van der Waals surface area contributed by atoms with Crippen LogP contribution in [0.5, 0.6) is 0 Å². The Morgan fingerprint density at radius 3 is 2.21 bits per heavy atom. The molecular formula is C25H27ClN2O4S. The lowest BCUT2D eigenvalue weighted by Crippen LogP contribution is -2.51. The quantitative estimate of drug-likeness (QED) is 0.515. The Morgan fingerprint density at radius 2 is 1.64 bits per heavy atom. The van der Waals surface area contributed by atoms with E-state index < -0.39 is 5.97 Å². The third-order valence-electron chi connectivity index (χ3n) is 7.61. The number of benzene rings is 1. The van der Waals surface area contributed by atoms with Gasteiger partial charge in [0.1, 0.15) is 5.00 Å². The predicted octanol–water partition coefficient (Wildman–Crippen LogP) is 5.90. The number of hydrogen-bond donors (Lipinski definition) is 2. The van der Waals surface area contributed by atoms with Gasteiger partial charge in [0.2, 0.25) is 5.91 Å². The Morgan fingerprint density at radius 1 is 1.03 bits per heavy atom. The van der Waals surface area contributed by atoms with Gasteiger partial charge in [-0.3, -0.25) is 9.59 Å². The smallest absolute Gasteiger partial charge is 0.341 e. The molecule has 0 aliphatic heterocycles. The largest absolute Gasteiger partial charge is 0.465 e. The number of hydrogen-bond acceptors (Lipinski definition) is 5. The van der Waals surface area contributed by atoms with Gasteiger partial charge < -0.3 is 15.4 Å². The summed E-state index contributed by atoms with van der Waals surface area (Å²) in [6.07, 6.45) is 6.48.